The quantitative estimate of drug-likeness (QED) is 0.646. The lowest BCUT2D eigenvalue weighted by atomic mass is 10.1. The second-order valence-corrected chi connectivity index (χ2v) is 6.03. The predicted octanol–water partition coefficient (Wildman–Crippen LogP) is 3.78. The molecule has 8 heteroatoms. The number of halogens is 3. The molecule has 0 fully saturated rings. The van der Waals surface area contributed by atoms with Crippen LogP contribution in [0.5, 0.6) is 0 Å². The molecule has 0 saturated heterocycles. The molecule has 0 aliphatic rings. The van der Waals surface area contributed by atoms with E-state index in [1.165, 1.54) is 6.07 Å². The van der Waals surface area contributed by atoms with Crippen LogP contribution in [-0.4, -0.2) is 15.9 Å². The zero-order valence-corrected chi connectivity index (χ0v) is 13.9. The number of amides is 1. The van der Waals surface area contributed by atoms with Crippen LogP contribution in [0.3, 0.4) is 0 Å². The van der Waals surface area contributed by atoms with E-state index < -0.39 is 23.7 Å². The fourth-order valence-electron chi connectivity index (χ4n) is 2.76. The van der Waals surface area contributed by atoms with Gasteiger partial charge in [0.2, 0.25) is 11.9 Å². The third-order valence-corrected chi connectivity index (χ3v) is 4.03. The number of primary amides is 1. The first kappa shape index (κ1) is 17.8. The summed E-state index contributed by atoms with van der Waals surface area (Å²) in [5, 5.41) is 3.06. The number of rotatable bonds is 5. The van der Waals surface area contributed by atoms with Gasteiger partial charge in [-0.1, -0.05) is 24.3 Å². The van der Waals surface area contributed by atoms with E-state index in [9.17, 15) is 18.0 Å². The number of fused-ring (bicyclic) bond motifs is 1. The van der Waals surface area contributed by atoms with E-state index in [1.54, 1.807) is 31.2 Å². The molecule has 4 N–H and O–H groups in total. The van der Waals surface area contributed by atoms with Crippen LogP contribution >= 0.6 is 0 Å². The molecule has 1 atom stereocenters. The molecule has 3 aromatic rings. The van der Waals surface area contributed by atoms with Crippen molar-refractivity contribution in [2.24, 2.45) is 5.73 Å². The highest BCUT2D eigenvalue weighted by molar-refractivity contribution is 5.86. The zero-order valence-electron chi connectivity index (χ0n) is 13.9. The van der Waals surface area contributed by atoms with Gasteiger partial charge in [-0.25, -0.2) is 4.98 Å². The highest BCUT2D eigenvalue weighted by Gasteiger charge is 2.30. The fourth-order valence-corrected chi connectivity index (χ4v) is 2.76. The van der Waals surface area contributed by atoms with Gasteiger partial charge in [0.1, 0.15) is 0 Å². The summed E-state index contributed by atoms with van der Waals surface area (Å²) in [6, 6.07) is 10.1. The summed E-state index contributed by atoms with van der Waals surface area (Å²) in [6.45, 7) is 1.74. The Morgan fingerprint density at radius 3 is 2.69 bits per heavy atom. The maximum atomic E-state index is 12.9. The Morgan fingerprint density at radius 2 is 2.00 bits per heavy atom. The van der Waals surface area contributed by atoms with E-state index in [0.29, 0.717) is 28.1 Å². The number of nitrogens with one attached hydrogen (secondary N) is 2. The van der Waals surface area contributed by atoms with Crippen molar-refractivity contribution in [2.75, 3.05) is 5.32 Å². The lowest BCUT2D eigenvalue weighted by molar-refractivity contribution is -0.137. The van der Waals surface area contributed by atoms with E-state index in [1.807, 2.05) is 0 Å². The van der Waals surface area contributed by atoms with Gasteiger partial charge in [0.05, 0.1) is 29.1 Å². The fraction of sp³-hybridized carbons (Fsp3) is 0.222. The Labute approximate surface area is 147 Å². The monoisotopic (exact) mass is 362 g/mol. The Balaban J connectivity index is 1.86. The summed E-state index contributed by atoms with van der Waals surface area (Å²) in [6.07, 6.45) is -4.33. The second-order valence-electron chi connectivity index (χ2n) is 6.03. The molecule has 3 rings (SSSR count). The lowest BCUT2D eigenvalue weighted by Gasteiger charge is -2.15. The standard InChI is InChI=1S/C18H17F3N4O/c1-10(11-4-2-6-13(8-11)18(19,20)21)23-17-24-14-7-3-5-12(9-15(22)26)16(14)25-17/h2-8,10H,9H2,1H3,(H2,22,26)(H2,23,24,25)/t10-/m1/s1. The molecular weight excluding hydrogens is 345 g/mol. The Morgan fingerprint density at radius 1 is 1.27 bits per heavy atom. The molecule has 0 aliphatic carbocycles. The summed E-state index contributed by atoms with van der Waals surface area (Å²) in [7, 11) is 0. The Kier molecular flexibility index (Phi) is 4.58. The number of aromatic amines is 1. The number of carbonyl (C=O) groups is 1. The van der Waals surface area contributed by atoms with Crippen LogP contribution in [0, 0.1) is 0 Å². The van der Waals surface area contributed by atoms with Gasteiger partial charge >= 0.3 is 6.18 Å². The minimum absolute atomic E-state index is 0.0603. The first-order chi connectivity index (χ1) is 12.2. The summed E-state index contributed by atoms with van der Waals surface area (Å²) in [5.74, 6) is -0.0609. The average Bonchev–Trinajstić information content (AvgIpc) is 2.97. The molecule has 0 bridgehead atoms. The average molecular weight is 362 g/mol. The molecule has 0 saturated carbocycles. The summed E-state index contributed by atoms with van der Waals surface area (Å²) < 4.78 is 38.6. The summed E-state index contributed by atoms with van der Waals surface area (Å²) in [4.78, 5) is 18.6. The molecule has 0 unspecified atom stereocenters. The number of H-pyrrole nitrogens is 1. The molecule has 5 nitrogen and oxygen atoms in total. The van der Waals surface area contributed by atoms with E-state index in [-0.39, 0.29) is 6.42 Å². The molecule has 0 aliphatic heterocycles. The minimum Gasteiger partial charge on any atom is -0.369 e. The number of carbonyl (C=O) groups excluding carboxylic acids is 1. The van der Waals surface area contributed by atoms with Crippen molar-refractivity contribution in [1.29, 1.82) is 0 Å². The van der Waals surface area contributed by atoms with Crippen LogP contribution in [0.25, 0.3) is 11.0 Å². The number of nitrogens with two attached hydrogens (primary N) is 1. The van der Waals surface area contributed by atoms with Gasteiger partial charge in [0, 0.05) is 0 Å². The van der Waals surface area contributed by atoms with Gasteiger partial charge in [0.15, 0.2) is 0 Å². The molecule has 1 heterocycles. The van der Waals surface area contributed by atoms with E-state index in [4.69, 9.17) is 5.73 Å². The second kappa shape index (κ2) is 6.70. The van der Waals surface area contributed by atoms with Crippen LogP contribution < -0.4 is 11.1 Å². The van der Waals surface area contributed by atoms with Crippen LogP contribution in [0.1, 0.15) is 29.7 Å². The van der Waals surface area contributed by atoms with Crippen LogP contribution in [0.2, 0.25) is 0 Å². The maximum Gasteiger partial charge on any atom is 0.416 e. The van der Waals surface area contributed by atoms with Crippen molar-refractivity contribution < 1.29 is 18.0 Å². The number of alkyl halides is 3. The zero-order chi connectivity index (χ0) is 18.9. The van der Waals surface area contributed by atoms with Gasteiger partial charge in [0.25, 0.3) is 0 Å². The first-order valence-corrected chi connectivity index (χ1v) is 7.93. The minimum atomic E-state index is -4.39. The van der Waals surface area contributed by atoms with Gasteiger partial charge in [-0.2, -0.15) is 13.2 Å². The van der Waals surface area contributed by atoms with Crippen LogP contribution in [0.4, 0.5) is 19.1 Å². The molecular formula is C18H17F3N4O. The first-order valence-electron chi connectivity index (χ1n) is 7.93. The Hall–Kier alpha value is -3.03. The van der Waals surface area contributed by atoms with Crippen molar-refractivity contribution in [1.82, 2.24) is 9.97 Å². The van der Waals surface area contributed by atoms with Crippen LogP contribution in [0.15, 0.2) is 42.5 Å². The smallest absolute Gasteiger partial charge is 0.369 e. The number of para-hydroxylation sites is 1. The van der Waals surface area contributed by atoms with Crippen molar-refractivity contribution in [2.45, 2.75) is 25.6 Å². The van der Waals surface area contributed by atoms with Crippen molar-refractivity contribution >= 4 is 22.9 Å². The SMILES string of the molecule is C[C@@H](Nc1nc2c(CC(N)=O)cccc2[nH]1)c1cccc(C(F)(F)F)c1. The molecule has 2 aromatic carbocycles. The van der Waals surface area contributed by atoms with Gasteiger partial charge in [-0.15, -0.1) is 0 Å². The lowest BCUT2D eigenvalue weighted by Crippen LogP contribution is -2.13. The normalized spacial score (nSPS) is 12.9. The van der Waals surface area contributed by atoms with E-state index >= 15 is 0 Å². The number of aromatic nitrogens is 2. The number of anilines is 1. The third kappa shape index (κ3) is 3.79. The topological polar surface area (TPSA) is 83.8 Å². The van der Waals surface area contributed by atoms with Crippen LogP contribution in [-0.2, 0) is 17.4 Å². The molecule has 136 valence electrons. The number of imidazole rings is 1. The van der Waals surface area contributed by atoms with Crippen molar-refractivity contribution in [3.8, 4) is 0 Å². The van der Waals surface area contributed by atoms with Gasteiger partial charge in [-0.05, 0) is 36.2 Å². The molecule has 26 heavy (non-hydrogen) atoms. The van der Waals surface area contributed by atoms with Gasteiger partial charge in [-0.3, -0.25) is 4.79 Å². The third-order valence-electron chi connectivity index (χ3n) is 4.03. The summed E-state index contributed by atoms with van der Waals surface area (Å²) >= 11 is 0. The molecule has 0 spiro atoms. The number of benzene rings is 2. The van der Waals surface area contributed by atoms with Crippen molar-refractivity contribution in [3.63, 3.8) is 0 Å². The van der Waals surface area contributed by atoms with E-state index in [0.717, 1.165) is 12.1 Å². The maximum absolute atomic E-state index is 12.9. The molecule has 0 radical (unpaired) electrons. The predicted molar refractivity (Wildman–Crippen MR) is 92.5 cm³/mol. The highest BCUT2D eigenvalue weighted by Crippen LogP contribution is 2.31. The molecule has 1 amide bonds. The number of hydrogen-bond donors (Lipinski definition) is 3. The Bertz CT molecular complexity index is 949. The number of hydrogen-bond acceptors (Lipinski definition) is 3. The molecule has 1 aromatic heterocycles. The number of nitrogens with zero attached hydrogens (tertiary/aromatic N) is 1. The largest absolute Gasteiger partial charge is 0.416 e. The van der Waals surface area contributed by atoms with Gasteiger partial charge < -0.3 is 16.0 Å². The van der Waals surface area contributed by atoms with E-state index in [2.05, 4.69) is 15.3 Å². The summed E-state index contributed by atoms with van der Waals surface area (Å²) in [5.41, 5.74) is 7.03. The van der Waals surface area contributed by atoms with Crippen molar-refractivity contribution in [3.05, 3.63) is 59.2 Å². The highest BCUT2D eigenvalue weighted by atomic mass is 19.4.